The molecule has 1 aromatic rings. The first-order valence-corrected chi connectivity index (χ1v) is 8.44. The van der Waals surface area contributed by atoms with Crippen molar-refractivity contribution in [2.45, 2.75) is 50.7 Å². The van der Waals surface area contributed by atoms with Crippen molar-refractivity contribution in [1.29, 1.82) is 0 Å². The van der Waals surface area contributed by atoms with Gasteiger partial charge >= 0.3 is 0 Å². The standard InChI is InChI=1S/C15H24N2O3S/c1-11-7-6-8-12(16)13(11)21(18,19)17-9-14(2,3)20-15(4,5)10-17/h6-8H,9-10,16H2,1-5H3. The molecule has 0 amide bonds. The zero-order valence-corrected chi connectivity index (χ0v) is 14.1. The highest BCUT2D eigenvalue weighted by molar-refractivity contribution is 7.89. The maximum Gasteiger partial charge on any atom is 0.245 e. The summed E-state index contributed by atoms with van der Waals surface area (Å²) in [5.41, 5.74) is 5.79. The summed E-state index contributed by atoms with van der Waals surface area (Å²) >= 11 is 0. The summed E-state index contributed by atoms with van der Waals surface area (Å²) in [7, 11) is -3.64. The Morgan fingerprint density at radius 1 is 1.14 bits per heavy atom. The van der Waals surface area contributed by atoms with Crippen LogP contribution >= 0.6 is 0 Å². The third-order valence-corrected chi connectivity index (χ3v) is 5.52. The van der Waals surface area contributed by atoms with E-state index in [1.54, 1.807) is 25.1 Å². The van der Waals surface area contributed by atoms with E-state index in [2.05, 4.69) is 0 Å². The Labute approximate surface area is 127 Å². The molecule has 0 aromatic heterocycles. The molecule has 1 saturated heterocycles. The first-order chi connectivity index (χ1) is 9.45. The van der Waals surface area contributed by atoms with Crippen LogP contribution in [0.3, 0.4) is 0 Å². The molecule has 118 valence electrons. The number of nitrogen functional groups attached to an aromatic ring is 1. The Hall–Kier alpha value is -1.11. The molecule has 2 N–H and O–H groups in total. The van der Waals surface area contributed by atoms with Crippen molar-refractivity contribution in [3.05, 3.63) is 23.8 Å². The van der Waals surface area contributed by atoms with Crippen molar-refractivity contribution in [3.8, 4) is 0 Å². The van der Waals surface area contributed by atoms with Crippen molar-refractivity contribution >= 4 is 15.7 Å². The second-order valence-corrected chi connectivity index (χ2v) is 8.76. The van der Waals surface area contributed by atoms with Gasteiger partial charge in [0.05, 0.1) is 16.9 Å². The lowest BCUT2D eigenvalue weighted by Crippen LogP contribution is -2.58. The number of anilines is 1. The summed E-state index contributed by atoms with van der Waals surface area (Å²) in [6, 6.07) is 5.15. The fourth-order valence-electron chi connectivity index (χ4n) is 3.04. The van der Waals surface area contributed by atoms with Gasteiger partial charge in [-0.05, 0) is 46.2 Å². The molecule has 1 aliphatic heterocycles. The molecular formula is C15H24N2O3S. The molecule has 2 rings (SSSR count). The summed E-state index contributed by atoms with van der Waals surface area (Å²) < 4.78 is 33.4. The molecule has 1 aromatic carbocycles. The SMILES string of the molecule is Cc1cccc(N)c1S(=O)(=O)N1CC(C)(C)OC(C)(C)C1. The summed E-state index contributed by atoms with van der Waals surface area (Å²) in [5.74, 6) is 0. The molecule has 1 aliphatic rings. The van der Waals surface area contributed by atoms with Crippen LogP contribution < -0.4 is 5.73 Å². The van der Waals surface area contributed by atoms with Crippen molar-refractivity contribution in [2.24, 2.45) is 0 Å². The number of nitrogens with zero attached hydrogens (tertiary/aromatic N) is 1. The van der Waals surface area contributed by atoms with E-state index in [0.29, 0.717) is 18.7 Å². The second kappa shape index (κ2) is 4.97. The lowest BCUT2D eigenvalue weighted by Gasteiger charge is -2.46. The monoisotopic (exact) mass is 312 g/mol. The number of benzene rings is 1. The molecule has 0 spiro atoms. The van der Waals surface area contributed by atoms with Crippen LogP contribution in [0.2, 0.25) is 0 Å². The zero-order valence-electron chi connectivity index (χ0n) is 13.3. The molecule has 0 unspecified atom stereocenters. The van der Waals surface area contributed by atoms with Gasteiger partial charge in [-0.3, -0.25) is 0 Å². The molecule has 5 nitrogen and oxygen atoms in total. The van der Waals surface area contributed by atoms with Gasteiger partial charge in [0.2, 0.25) is 10.0 Å². The minimum absolute atomic E-state index is 0.207. The zero-order chi connectivity index (χ0) is 16.1. The molecule has 0 radical (unpaired) electrons. The van der Waals surface area contributed by atoms with Crippen molar-refractivity contribution in [3.63, 3.8) is 0 Å². The molecule has 0 saturated carbocycles. The highest BCUT2D eigenvalue weighted by Crippen LogP contribution is 2.34. The van der Waals surface area contributed by atoms with E-state index in [0.717, 1.165) is 0 Å². The summed E-state index contributed by atoms with van der Waals surface area (Å²) in [5, 5.41) is 0. The van der Waals surface area contributed by atoms with Crippen LogP contribution in [0.25, 0.3) is 0 Å². The highest BCUT2D eigenvalue weighted by Gasteiger charge is 2.43. The Balaban J connectivity index is 2.49. The molecular weight excluding hydrogens is 288 g/mol. The van der Waals surface area contributed by atoms with Crippen molar-refractivity contribution < 1.29 is 13.2 Å². The molecule has 1 heterocycles. The van der Waals surface area contributed by atoms with Gasteiger partial charge in [0, 0.05) is 13.1 Å². The van der Waals surface area contributed by atoms with E-state index in [1.165, 1.54) is 4.31 Å². The molecule has 1 fully saturated rings. The van der Waals surface area contributed by atoms with E-state index < -0.39 is 21.2 Å². The van der Waals surface area contributed by atoms with Crippen LogP contribution in [0.1, 0.15) is 33.3 Å². The number of aryl methyl sites for hydroxylation is 1. The highest BCUT2D eigenvalue weighted by atomic mass is 32.2. The first-order valence-electron chi connectivity index (χ1n) is 7.00. The van der Waals surface area contributed by atoms with E-state index in [4.69, 9.17) is 10.5 Å². The minimum atomic E-state index is -3.64. The van der Waals surface area contributed by atoms with Crippen LogP contribution in [0.4, 0.5) is 5.69 Å². The van der Waals surface area contributed by atoms with Crippen LogP contribution in [0.15, 0.2) is 23.1 Å². The molecule has 0 bridgehead atoms. The van der Waals surface area contributed by atoms with Gasteiger partial charge < -0.3 is 10.5 Å². The number of rotatable bonds is 2. The van der Waals surface area contributed by atoms with Gasteiger partial charge in [0.15, 0.2) is 0 Å². The molecule has 21 heavy (non-hydrogen) atoms. The van der Waals surface area contributed by atoms with E-state index in [-0.39, 0.29) is 10.6 Å². The average molecular weight is 312 g/mol. The number of hydrogen-bond donors (Lipinski definition) is 1. The fraction of sp³-hybridized carbons (Fsp3) is 0.600. The van der Waals surface area contributed by atoms with E-state index >= 15 is 0 Å². The normalized spacial score (nSPS) is 22.1. The smallest absolute Gasteiger partial charge is 0.245 e. The van der Waals surface area contributed by atoms with E-state index in [9.17, 15) is 8.42 Å². The first kappa shape index (κ1) is 16.3. The summed E-state index contributed by atoms with van der Waals surface area (Å²) in [6.07, 6.45) is 0. The van der Waals surface area contributed by atoms with Crippen molar-refractivity contribution in [1.82, 2.24) is 4.31 Å². The second-order valence-electron chi connectivity index (χ2n) is 6.89. The fourth-order valence-corrected chi connectivity index (χ4v) is 5.11. The largest absolute Gasteiger partial charge is 0.398 e. The van der Waals surface area contributed by atoms with Gasteiger partial charge in [-0.1, -0.05) is 12.1 Å². The third-order valence-electron chi connectivity index (χ3n) is 3.51. The Kier molecular flexibility index (Phi) is 3.85. The molecule has 6 heteroatoms. The summed E-state index contributed by atoms with van der Waals surface area (Å²) in [6.45, 7) is 9.99. The lowest BCUT2D eigenvalue weighted by molar-refractivity contribution is -0.163. The van der Waals surface area contributed by atoms with Crippen LogP contribution in [0.5, 0.6) is 0 Å². The van der Waals surface area contributed by atoms with Gasteiger partial charge in [0.1, 0.15) is 4.90 Å². The Bertz CT molecular complexity index is 615. The number of sulfonamides is 1. The number of ether oxygens (including phenoxy) is 1. The van der Waals surface area contributed by atoms with E-state index in [1.807, 2.05) is 27.7 Å². The summed E-state index contributed by atoms with van der Waals surface area (Å²) in [4.78, 5) is 0.207. The van der Waals surface area contributed by atoms with Crippen LogP contribution in [-0.2, 0) is 14.8 Å². The predicted molar refractivity (Wildman–Crippen MR) is 83.6 cm³/mol. The quantitative estimate of drug-likeness (QED) is 0.849. The molecule has 0 aliphatic carbocycles. The number of hydrogen-bond acceptors (Lipinski definition) is 4. The minimum Gasteiger partial charge on any atom is -0.398 e. The van der Waals surface area contributed by atoms with Gasteiger partial charge in [-0.2, -0.15) is 4.31 Å². The van der Waals surface area contributed by atoms with Crippen LogP contribution in [-0.4, -0.2) is 37.0 Å². The Morgan fingerprint density at radius 3 is 2.14 bits per heavy atom. The van der Waals surface area contributed by atoms with Gasteiger partial charge in [0.25, 0.3) is 0 Å². The maximum atomic E-state index is 13.0. The average Bonchev–Trinajstić information content (AvgIpc) is 2.23. The predicted octanol–water partition coefficient (Wildman–Crippen LogP) is 2.16. The van der Waals surface area contributed by atoms with Crippen molar-refractivity contribution in [2.75, 3.05) is 18.8 Å². The van der Waals surface area contributed by atoms with Crippen LogP contribution in [0, 0.1) is 6.92 Å². The number of morpholine rings is 1. The topological polar surface area (TPSA) is 72.6 Å². The lowest BCUT2D eigenvalue weighted by atomic mass is 10.0. The Morgan fingerprint density at radius 2 is 1.67 bits per heavy atom. The van der Waals surface area contributed by atoms with Gasteiger partial charge in [-0.25, -0.2) is 8.42 Å². The van der Waals surface area contributed by atoms with Gasteiger partial charge in [-0.15, -0.1) is 0 Å². The third kappa shape index (κ3) is 3.22. The maximum absolute atomic E-state index is 13.0. The molecule has 0 atom stereocenters. The number of nitrogens with two attached hydrogens (primary N) is 1.